The van der Waals surface area contributed by atoms with Gasteiger partial charge in [-0.25, -0.2) is 4.68 Å². The molecular weight excluding hydrogens is 274 g/mol. The normalized spacial score (nSPS) is 26.2. The lowest BCUT2D eigenvalue weighted by molar-refractivity contribution is -0.109. The van der Waals surface area contributed by atoms with E-state index in [-0.39, 0.29) is 5.41 Å². The average molecular weight is 293 g/mol. The molecule has 0 radical (unpaired) electrons. The van der Waals surface area contributed by atoms with Crippen molar-refractivity contribution in [1.29, 1.82) is 0 Å². The highest BCUT2D eigenvalue weighted by atomic mass is 16.1. The summed E-state index contributed by atoms with van der Waals surface area (Å²) in [5, 5.41) is 4.56. The number of rotatable bonds is 3. The molecule has 112 valence electrons. The Morgan fingerprint density at radius 1 is 1.45 bits per heavy atom. The van der Waals surface area contributed by atoms with E-state index in [1.54, 1.807) is 6.20 Å². The van der Waals surface area contributed by atoms with Crippen LogP contribution in [-0.4, -0.2) is 21.1 Å². The first-order valence-electron chi connectivity index (χ1n) is 7.84. The molecule has 1 saturated carbocycles. The number of carbonyl (C=O) groups is 1. The van der Waals surface area contributed by atoms with Crippen LogP contribution in [0.5, 0.6) is 0 Å². The molecule has 2 aromatic rings. The monoisotopic (exact) mass is 293 g/mol. The SMILES string of the molecule is CC12Cc3cnn(-c4cccnc4)c3C=C1CC[C@@H]2CC=O. The van der Waals surface area contributed by atoms with Crippen LogP contribution in [0.15, 0.2) is 36.3 Å². The fourth-order valence-corrected chi connectivity index (χ4v) is 4.11. The van der Waals surface area contributed by atoms with E-state index in [1.165, 1.54) is 16.8 Å². The molecule has 4 heteroatoms. The predicted molar refractivity (Wildman–Crippen MR) is 84.6 cm³/mol. The molecule has 0 spiro atoms. The minimum Gasteiger partial charge on any atom is -0.303 e. The fraction of sp³-hybridized carbons (Fsp3) is 0.389. The molecule has 1 unspecified atom stereocenters. The van der Waals surface area contributed by atoms with Crippen LogP contribution in [0.2, 0.25) is 0 Å². The van der Waals surface area contributed by atoms with Crippen LogP contribution in [0, 0.1) is 11.3 Å². The van der Waals surface area contributed by atoms with Gasteiger partial charge in [-0.05, 0) is 54.4 Å². The van der Waals surface area contributed by atoms with Crippen molar-refractivity contribution < 1.29 is 4.79 Å². The summed E-state index contributed by atoms with van der Waals surface area (Å²) in [7, 11) is 0. The topological polar surface area (TPSA) is 47.8 Å². The predicted octanol–water partition coefficient (Wildman–Crippen LogP) is 3.21. The second kappa shape index (κ2) is 4.90. The third-order valence-corrected chi connectivity index (χ3v) is 5.42. The number of hydrogen-bond donors (Lipinski definition) is 0. The fourth-order valence-electron chi connectivity index (χ4n) is 4.11. The Morgan fingerprint density at radius 3 is 3.14 bits per heavy atom. The van der Waals surface area contributed by atoms with Gasteiger partial charge in [-0.3, -0.25) is 4.98 Å². The molecule has 0 amide bonds. The van der Waals surface area contributed by atoms with Gasteiger partial charge in [0.25, 0.3) is 0 Å². The number of carbonyl (C=O) groups excluding carboxylic acids is 1. The Morgan fingerprint density at radius 2 is 2.36 bits per heavy atom. The van der Waals surface area contributed by atoms with E-state index < -0.39 is 0 Å². The lowest BCUT2D eigenvalue weighted by Gasteiger charge is -2.35. The van der Waals surface area contributed by atoms with Crippen LogP contribution in [-0.2, 0) is 11.2 Å². The Balaban J connectivity index is 1.77. The van der Waals surface area contributed by atoms with Gasteiger partial charge in [0.1, 0.15) is 6.29 Å². The molecular formula is C18H19N3O. The van der Waals surface area contributed by atoms with Crippen molar-refractivity contribution >= 4 is 12.4 Å². The maximum atomic E-state index is 11.0. The zero-order valence-electron chi connectivity index (χ0n) is 12.7. The van der Waals surface area contributed by atoms with E-state index in [0.717, 1.165) is 31.2 Å². The van der Waals surface area contributed by atoms with Crippen LogP contribution >= 0.6 is 0 Å². The quantitative estimate of drug-likeness (QED) is 0.816. The highest BCUT2D eigenvalue weighted by molar-refractivity contribution is 5.62. The zero-order valence-corrected chi connectivity index (χ0v) is 12.7. The van der Waals surface area contributed by atoms with E-state index >= 15 is 0 Å². The first-order chi connectivity index (χ1) is 10.7. The Hall–Kier alpha value is -2.23. The first-order valence-corrected chi connectivity index (χ1v) is 7.84. The van der Waals surface area contributed by atoms with Crippen LogP contribution in [0.25, 0.3) is 11.8 Å². The van der Waals surface area contributed by atoms with Crippen molar-refractivity contribution in [3.8, 4) is 5.69 Å². The number of aromatic nitrogens is 3. The Kier molecular flexibility index (Phi) is 2.99. The van der Waals surface area contributed by atoms with Gasteiger partial charge < -0.3 is 4.79 Å². The van der Waals surface area contributed by atoms with Gasteiger partial charge in [0, 0.05) is 12.6 Å². The van der Waals surface area contributed by atoms with Crippen molar-refractivity contribution in [2.24, 2.45) is 11.3 Å². The number of fused-ring (bicyclic) bond motifs is 2. The van der Waals surface area contributed by atoms with Crippen molar-refractivity contribution in [3.05, 3.63) is 47.6 Å². The number of aldehydes is 1. The lowest BCUT2D eigenvalue weighted by atomic mass is 9.69. The molecule has 0 aliphatic heterocycles. The second-order valence-electron chi connectivity index (χ2n) is 6.58. The van der Waals surface area contributed by atoms with E-state index in [0.29, 0.717) is 12.3 Å². The molecule has 0 N–H and O–H groups in total. The summed E-state index contributed by atoms with van der Waals surface area (Å²) in [5.74, 6) is 0.464. The molecule has 0 saturated heterocycles. The van der Waals surface area contributed by atoms with Crippen molar-refractivity contribution in [2.75, 3.05) is 0 Å². The summed E-state index contributed by atoms with van der Waals surface area (Å²) in [5.41, 5.74) is 5.03. The van der Waals surface area contributed by atoms with Crippen molar-refractivity contribution in [3.63, 3.8) is 0 Å². The van der Waals surface area contributed by atoms with Gasteiger partial charge >= 0.3 is 0 Å². The highest BCUT2D eigenvalue weighted by Gasteiger charge is 2.45. The van der Waals surface area contributed by atoms with Gasteiger partial charge in [0.15, 0.2) is 0 Å². The molecule has 2 aliphatic carbocycles. The second-order valence-corrected chi connectivity index (χ2v) is 6.58. The Labute approximate surface area is 129 Å². The van der Waals surface area contributed by atoms with Gasteiger partial charge in [0.05, 0.1) is 23.8 Å². The standard InChI is InChI=1S/C18H19N3O/c1-18-10-13-11-20-21(16-3-2-7-19-12-16)17(13)9-15(18)5-4-14(18)6-8-22/h2-3,7-9,11-12,14H,4-6,10H2,1H3/t14-,18?/m1/s1. The summed E-state index contributed by atoms with van der Waals surface area (Å²) in [6.45, 7) is 2.31. The number of allylic oxidation sites excluding steroid dienone is 1. The van der Waals surface area contributed by atoms with Crippen molar-refractivity contribution in [1.82, 2.24) is 14.8 Å². The van der Waals surface area contributed by atoms with E-state index in [4.69, 9.17) is 0 Å². The minimum atomic E-state index is 0.122. The van der Waals surface area contributed by atoms with Crippen molar-refractivity contribution in [2.45, 2.75) is 32.6 Å². The number of hydrogen-bond acceptors (Lipinski definition) is 3. The van der Waals surface area contributed by atoms with Gasteiger partial charge in [-0.2, -0.15) is 5.10 Å². The molecule has 22 heavy (non-hydrogen) atoms. The van der Waals surface area contributed by atoms with E-state index in [9.17, 15) is 4.79 Å². The molecule has 4 nitrogen and oxygen atoms in total. The molecule has 0 bridgehead atoms. The molecule has 0 aromatic carbocycles. The smallest absolute Gasteiger partial charge is 0.120 e. The minimum absolute atomic E-state index is 0.122. The number of nitrogens with zero attached hydrogens (tertiary/aromatic N) is 3. The average Bonchev–Trinajstić information content (AvgIpc) is 3.07. The molecule has 2 aromatic heterocycles. The lowest BCUT2D eigenvalue weighted by Crippen LogP contribution is -2.29. The summed E-state index contributed by atoms with van der Waals surface area (Å²) in [6.07, 6.45) is 12.8. The van der Waals surface area contributed by atoms with E-state index in [1.807, 2.05) is 29.2 Å². The van der Waals surface area contributed by atoms with Gasteiger partial charge in [0.2, 0.25) is 0 Å². The first kappa shape index (κ1) is 13.4. The zero-order chi connectivity index (χ0) is 15.2. The van der Waals surface area contributed by atoms with Crippen LogP contribution < -0.4 is 0 Å². The van der Waals surface area contributed by atoms with Crippen LogP contribution in [0.1, 0.15) is 37.4 Å². The third-order valence-electron chi connectivity index (χ3n) is 5.42. The maximum Gasteiger partial charge on any atom is 0.120 e. The highest BCUT2D eigenvalue weighted by Crippen LogP contribution is 2.53. The van der Waals surface area contributed by atoms with Gasteiger partial charge in [-0.15, -0.1) is 0 Å². The molecule has 4 rings (SSSR count). The molecule has 2 atom stereocenters. The Bertz CT molecular complexity index is 747. The third kappa shape index (κ3) is 1.86. The maximum absolute atomic E-state index is 11.0. The molecule has 2 heterocycles. The summed E-state index contributed by atoms with van der Waals surface area (Å²) in [6, 6.07) is 3.95. The summed E-state index contributed by atoms with van der Waals surface area (Å²) < 4.78 is 1.97. The summed E-state index contributed by atoms with van der Waals surface area (Å²) in [4.78, 5) is 15.2. The largest absolute Gasteiger partial charge is 0.303 e. The number of pyridine rings is 1. The van der Waals surface area contributed by atoms with Crippen LogP contribution in [0.4, 0.5) is 0 Å². The molecule has 1 fully saturated rings. The van der Waals surface area contributed by atoms with Gasteiger partial charge in [-0.1, -0.05) is 12.5 Å². The van der Waals surface area contributed by atoms with Crippen LogP contribution in [0.3, 0.4) is 0 Å². The summed E-state index contributed by atoms with van der Waals surface area (Å²) >= 11 is 0. The molecule has 2 aliphatic rings. The van der Waals surface area contributed by atoms with E-state index in [2.05, 4.69) is 23.1 Å².